The molecule has 0 saturated carbocycles. The fourth-order valence-electron chi connectivity index (χ4n) is 2.01. The van der Waals surface area contributed by atoms with Gasteiger partial charge in [-0.15, -0.1) is 0 Å². The highest BCUT2D eigenvalue weighted by molar-refractivity contribution is 9.10. The van der Waals surface area contributed by atoms with Crippen LogP contribution in [0.15, 0.2) is 27.2 Å². The molecule has 0 aliphatic heterocycles. The first-order chi connectivity index (χ1) is 10.1. The number of hydrogen-bond donors (Lipinski definition) is 1. The van der Waals surface area contributed by atoms with Crippen molar-refractivity contribution in [1.82, 2.24) is 15.5 Å². The molecule has 4 nitrogen and oxygen atoms in total. The van der Waals surface area contributed by atoms with Crippen molar-refractivity contribution in [3.8, 4) is 11.4 Å². The van der Waals surface area contributed by atoms with Crippen LogP contribution in [0.25, 0.3) is 11.4 Å². The minimum atomic E-state index is 0.371. The minimum Gasteiger partial charge on any atom is -0.339 e. The van der Waals surface area contributed by atoms with E-state index < -0.39 is 0 Å². The van der Waals surface area contributed by atoms with E-state index >= 15 is 0 Å². The third-order valence-electron chi connectivity index (χ3n) is 3.24. The maximum atomic E-state index is 5.99. The number of nitrogens with zero attached hydrogens (tertiary/aromatic N) is 2. The molecule has 1 N–H and O–H groups in total. The molecule has 21 heavy (non-hydrogen) atoms. The average Bonchev–Trinajstić information content (AvgIpc) is 2.95. The molecular weight excluding hydrogens is 354 g/mol. The Balaban J connectivity index is 2.08. The van der Waals surface area contributed by atoms with Gasteiger partial charge in [-0.3, -0.25) is 0 Å². The van der Waals surface area contributed by atoms with E-state index in [0.717, 1.165) is 35.8 Å². The largest absolute Gasteiger partial charge is 0.339 e. The van der Waals surface area contributed by atoms with Crippen LogP contribution in [-0.4, -0.2) is 22.7 Å². The van der Waals surface area contributed by atoms with Gasteiger partial charge >= 0.3 is 0 Å². The molecule has 0 aliphatic rings. The van der Waals surface area contributed by atoms with Crippen molar-refractivity contribution in [1.29, 1.82) is 0 Å². The zero-order chi connectivity index (χ0) is 15.2. The summed E-state index contributed by atoms with van der Waals surface area (Å²) < 4.78 is 6.18. The van der Waals surface area contributed by atoms with Gasteiger partial charge in [0, 0.05) is 22.5 Å². The van der Waals surface area contributed by atoms with Crippen molar-refractivity contribution in [2.45, 2.75) is 39.2 Å². The van der Waals surface area contributed by atoms with E-state index in [4.69, 9.17) is 16.1 Å². The Kier molecular flexibility index (Phi) is 6.21. The predicted octanol–water partition coefficient (Wildman–Crippen LogP) is 4.47. The second-order valence-electron chi connectivity index (χ2n) is 4.90. The van der Waals surface area contributed by atoms with E-state index in [-0.39, 0.29) is 0 Å². The van der Waals surface area contributed by atoms with Crippen molar-refractivity contribution in [3.63, 3.8) is 0 Å². The maximum absolute atomic E-state index is 5.99. The van der Waals surface area contributed by atoms with Gasteiger partial charge in [0.05, 0.1) is 5.02 Å². The van der Waals surface area contributed by atoms with Crippen molar-refractivity contribution >= 4 is 27.5 Å². The van der Waals surface area contributed by atoms with Crippen LogP contribution >= 0.6 is 27.5 Å². The molecule has 0 spiro atoms. The maximum Gasteiger partial charge on any atom is 0.228 e. The molecule has 2 aromatic rings. The van der Waals surface area contributed by atoms with E-state index in [9.17, 15) is 0 Å². The molecular formula is C15H19BrClN3O. The van der Waals surface area contributed by atoms with Gasteiger partial charge < -0.3 is 9.84 Å². The Morgan fingerprint density at radius 2 is 2.19 bits per heavy atom. The van der Waals surface area contributed by atoms with E-state index in [1.165, 1.54) is 0 Å². The Labute approximate surface area is 138 Å². The Bertz CT molecular complexity index is 588. The summed E-state index contributed by atoms with van der Waals surface area (Å²) >= 11 is 9.39. The van der Waals surface area contributed by atoms with Gasteiger partial charge in [0.1, 0.15) is 0 Å². The van der Waals surface area contributed by atoms with E-state index in [1.54, 1.807) is 0 Å². The molecule has 0 bridgehead atoms. The highest BCUT2D eigenvalue weighted by atomic mass is 79.9. The first-order valence-corrected chi connectivity index (χ1v) is 8.32. The summed E-state index contributed by atoms with van der Waals surface area (Å²) in [5.74, 6) is 1.25. The van der Waals surface area contributed by atoms with Crippen molar-refractivity contribution < 1.29 is 4.52 Å². The number of nitrogens with one attached hydrogen (secondary N) is 1. The Hall–Kier alpha value is -0.910. The summed E-state index contributed by atoms with van der Waals surface area (Å²) in [5, 5.41) is 8.19. The monoisotopic (exact) mass is 371 g/mol. The lowest BCUT2D eigenvalue weighted by Crippen LogP contribution is -2.31. The highest BCUT2D eigenvalue weighted by Gasteiger charge is 2.14. The van der Waals surface area contributed by atoms with E-state index in [1.807, 2.05) is 18.2 Å². The molecule has 1 unspecified atom stereocenters. The molecule has 0 amide bonds. The zero-order valence-corrected chi connectivity index (χ0v) is 14.5. The van der Waals surface area contributed by atoms with Gasteiger partial charge in [-0.1, -0.05) is 30.6 Å². The van der Waals surface area contributed by atoms with Gasteiger partial charge in [0.25, 0.3) is 0 Å². The standard InChI is InChI=1S/C15H19BrClN3O/c1-3-7-18-11(4-2)9-14-19-15(20-21-14)10-5-6-13(17)12(16)8-10/h5-6,8,11,18H,3-4,7,9H2,1-2H3. The SMILES string of the molecule is CCCNC(CC)Cc1nc(-c2ccc(Cl)c(Br)c2)no1. The average molecular weight is 373 g/mol. The van der Waals surface area contributed by atoms with Crippen molar-refractivity contribution in [3.05, 3.63) is 33.6 Å². The lowest BCUT2D eigenvalue weighted by molar-refractivity contribution is 0.354. The smallest absolute Gasteiger partial charge is 0.228 e. The van der Waals surface area contributed by atoms with Crippen LogP contribution in [0.4, 0.5) is 0 Å². The number of hydrogen-bond acceptors (Lipinski definition) is 4. The summed E-state index contributed by atoms with van der Waals surface area (Å²) in [6.07, 6.45) is 2.90. The summed E-state index contributed by atoms with van der Waals surface area (Å²) in [6.45, 7) is 5.31. The number of aromatic nitrogens is 2. The topological polar surface area (TPSA) is 51.0 Å². The second kappa shape index (κ2) is 7.92. The minimum absolute atomic E-state index is 0.371. The molecule has 1 atom stereocenters. The van der Waals surface area contributed by atoms with Crippen LogP contribution in [0.2, 0.25) is 5.02 Å². The fraction of sp³-hybridized carbons (Fsp3) is 0.467. The normalized spacial score (nSPS) is 12.6. The van der Waals surface area contributed by atoms with Crippen LogP contribution in [0.5, 0.6) is 0 Å². The number of benzene rings is 1. The third-order valence-corrected chi connectivity index (χ3v) is 4.46. The Morgan fingerprint density at radius 1 is 1.38 bits per heavy atom. The molecule has 1 aromatic carbocycles. The van der Waals surface area contributed by atoms with Gasteiger partial charge in [-0.05, 0) is 53.5 Å². The van der Waals surface area contributed by atoms with Crippen LogP contribution in [-0.2, 0) is 6.42 Å². The van der Waals surface area contributed by atoms with Crippen LogP contribution < -0.4 is 5.32 Å². The number of halogens is 2. The van der Waals surface area contributed by atoms with Crippen molar-refractivity contribution in [2.75, 3.05) is 6.54 Å². The molecule has 6 heteroatoms. The second-order valence-corrected chi connectivity index (χ2v) is 6.17. The van der Waals surface area contributed by atoms with E-state index in [0.29, 0.717) is 22.8 Å². The molecule has 0 fully saturated rings. The molecule has 114 valence electrons. The molecule has 1 heterocycles. The number of rotatable bonds is 7. The zero-order valence-electron chi connectivity index (χ0n) is 12.2. The molecule has 0 saturated heterocycles. The molecule has 1 aromatic heterocycles. The molecule has 0 aliphatic carbocycles. The fourth-order valence-corrected chi connectivity index (χ4v) is 2.51. The van der Waals surface area contributed by atoms with Crippen LogP contribution in [0.1, 0.15) is 32.6 Å². The van der Waals surface area contributed by atoms with E-state index in [2.05, 4.69) is 45.2 Å². The Morgan fingerprint density at radius 3 is 2.86 bits per heavy atom. The summed E-state index contributed by atoms with van der Waals surface area (Å²) in [4.78, 5) is 4.47. The summed E-state index contributed by atoms with van der Waals surface area (Å²) in [7, 11) is 0. The van der Waals surface area contributed by atoms with Gasteiger partial charge in [0.2, 0.25) is 11.7 Å². The predicted molar refractivity (Wildman–Crippen MR) is 88.5 cm³/mol. The summed E-state index contributed by atoms with van der Waals surface area (Å²) in [6, 6.07) is 5.96. The van der Waals surface area contributed by atoms with Gasteiger partial charge in [-0.25, -0.2) is 0 Å². The lowest BCUT2D eigenvalue weighted by Gasteiger charge is -2.13. The first kappa shape index (κ1) is 16.5. The molecule has 2 rings (SSSR count). The van der Waals surface area contributed by atoms with Gasteiger partial charge in [0.15, 0.2) is 0 Å². The molecule has 0 radical (unpaired) electrons. The first-order valence-electron chi connectivity index (χ1n) is 7.15. The quantitative estimate of drug-likeness (QED) is 0.779. The summed E-state index contributed by atoms with van der Waals surface area (Å²) in [5.41, 5.74) is 0.885. The van der Waals surface area contributed by atoms with Crippen LogP contribution in [0, 0.1) is 0 Å². The van der Waals surface area contributed by atoms with Gasteiger partial charge in [-0.2, -0.15) is 4.98 Å². The lowest BCUT2D eigenvalue weighted by atomic mass is 10.1. The van der Waals surface area contributed by atoms with Crippen LogP contribution in [0.3, 0.4) is 0 Å². The highest BCUT2D eigenvalue weighted by Crippen LogP contribution is 2.27. The third kappa shape index (κ3) is 4.53. The van der Waals surface area contributed by atoms with Crippen molar-refractivity contribution in [2.24, 2.45) is 0 Å².